The minimum absolute atomic E-state index is 0. The van der Waals surface area contributed by atoms with Gasteiger partial charge in [-0.25, -0.2) is 9.36 Å². The van der Waals surface area contributed by atoms with E-state index in [-0.39, 0.29) is 13.1 Å². The van der Waals surface area contributed by atoms with E-state index in [0.29, 0.717) is 11.5 Å². The summed E-state index contributed by atoms with van der Waals surface area (Å²) in [6.45, 7) is 0. The van der Waals surface area contributed by atoms with Crippen LogP contribution < -0.4 is 5.69 Å². The highest BCUT2D eigenvalue weighted by atomic mass is 79.9. The lowest BCUT2D eigenvalue weighted by Gasteiger charge is -2.05. The Hall–Kier alpha value is -2.92. The second-order valence-corrected chi connectivity index (χ2v) is 6.36. The fourth-order valence-electron chi connectivity index (χ4n) is 2.73. The van der Waals surface area contributed by atoms with Crippen LogP contribution in [0.3, 0.4) is 0 Å². The molecular formula is C21H18BrN3O. The van der Waals surface area contributed by atoms with Crippen molar-refractivity contribution >= 4 is 15.9 Å². The molecule has 0 atom stereocenters. The van der Waals surface area contributed by atoms with Crippen molar-refractivity contribution in [3.8, 4) is 22.8 Å². The van der Waals surface area contributed by atoms with Crippen LogP contribution in [0, 0.1) is 0 Å². The molecule has 4 rings (SSSR count). The van der Waals surface area contributed by atoms with Crippen molar-refractivity contribution in [3.63, 3.8) is 0 Å². The number of hydrogen-bond donors (Lipinski definition) is 0. The van der Waals surface area contributed by atoms with Gasteiger partial charge in [0.05, 0.1) is 11.4 Å². The minimum Gasteiger partial charge on any atom is -0.245 e. The first-order chi connectivity index (χ1) is 12.3. The van der Waals surface area contributed by atoms with E-state index in [9.17, 15) is 4.79 Å². The van der Waals surface area contributed by atoms with Gasteiger partial charge in [-0.15, -0.1) is 5.10 Å². The lowest BCUT2D eigenvalue weighted by atomic mass is 10.2. The van der Waals surface area contributed by atoms with Crippen LogP contribution in [0.5, 0.6) is 0 Å². The van der Waals surface area contributed by atoms with Gasteiger partial charge in [0.2, 0.25) is 0 Å². The maximum atomic E-state index is 13.2. The third-order valence-electron chi connectivity index (χ3n) is 3.91. The van der Waals surface area contributed by atoms with Crippen LogP contribution in [0.4, 0.5) is 0 Å². The Balaban J connectivity index is 0.00000196. The third-order valence-corrected chi connectivity index (χ3v) is 4.58. The molecule has 0 saturated heterocycles. The van der Waals surface area contributed by atoms with Gasteiger partial charge < -0.3 is 0 Å². The molecule has 5 heteroatoms. The Bertz CT molecular complexity index is 1070. The summed E-state index contributed by atoms with van der Waals surface area (Å²) in [5.41, 5.74) is 2.16. The van der Waals surface area contributed by atoms with Crippen molar-refractivity contribution in [2.45, 2.75) is 7.43 Å². The van der Waals surface area contributed by atoms with Crippen LogP contribution in [0.15, 0.2) is 94.2 Å². The Morgan fingerprint density at radius 1 is 0.769 bits per heavy atom. The number of benzene rings is 3. The minimum atomic E-state index is -0.211. The van der Waals surface area contributed by atoms with E-state index in [1.165, 1.54) is 4.68 Å². The van der Waals surface area contributed by atoms with Crippen LogP contribution >= 0.6 is 15.9 Å². The van der Waals surface area contributed by atoms with E-state index in [1.54, 1.807) is 4.57 Å². The van der Waals surface area contributed by atoms with Gasteiger partial charge in [-0.3, -0.25) is 0 Å². The van der Waals surface area contributed by atoms with Crippen molar-refractivity contribution < 1.29 is 0 Å². The van der Waals surface area contributed by atoms with Crippen LogP contribution in [0.2, 0.25) is 0 Å². The molecule has 4 aromatic rings. The van der Waals surface area contributed by atoms with E-state index in [0.717, 1.165) is 15.7 Å². The monoisotopic (exact) mass is 407 g/mol. The predicted molar refractivity (Wildman–Crippen MR) is 109 cm³/mol. The molecule has 0 fully saturated rings. The molecule has 0 spiro atoms. The molecule has 1 heterocycles. The summed E-state index contributed by atoms with van der Waals surface area (Å²) in [4.78, 5) is 13.2. The highest BCUT2D eigenvalue weighted by Crippen LogP contribution is 2.23. The number of rotatable bonds is 3. The molecule has 26 heavy (non-hydrogen) atoms. The van der Waals surface area contributed by atoms with E-state index in [1.807, 2.05) is 84.9 Å². The molecule has 0 N–H and O–H groups in total. The van der Waals surface area contributed by atoms with E-state index in [4.69, 9.17) is 0 Å². The van der Waals surface area contributed by atoms with Gasteiger partial charge in [0, 0.05) is 10.0 Å². The van der Waals surface area contributed by atoms with E-state index in [2.05, 4.69) is 21.0 Å². The number of nitrogens with zero attached hydrogens (tertiary/aromatic N) is 3. The highest BCUT2D eigenvalue weighted by molar-refractivity contribution is 9.10. The molecule has 0 radical (unpaired) electrons. The van der Waals surface area contributed by atoms with Gasteiger partial charge in [0.15, 0.2) is 5.82 Å². The van der Waals surface area contributed by atoms with Crippen molar-refractivity contribution in [2.24, 2.45) is 0 Å². The van der Waals surface area contributed by atoms with Crippen LogP contribution in [0.25, 0.3) is 22.8 Å². The van der Waals surface area contributed by atoms with Gasteiger partial charge >= 0.3 is 5.69 Å². The zero-order valence-corrected chi connectivity index (χ0v) is 14.8. The van der Waals surface area contributed by atoms with Gasteiger partial charge in [-0.2, -0.15) is 4.68 Å². The quantitative estimate of drug-likeness (QED) is 0.474. The van der Waals surface area contributed by atoms with Crippen LogP contribution in [-0.4, -0.2) is 14.3 Å². The molecule has 0 amide bonds. The fourth-order valence-corrected chi connectivity index (χ4v) is 3.18. The molecule has 0 aliphatic rings. The Kier molecular flexibility index (Phi) is 5.19. The zero-order valence-electron chi connectivity index (χ0n) is 13.2. The molecule has 1 aromatic heterocycles. The Labute approximate surface area is 160 Å². The molecule has 3 aromatic carbocycles. The second kappa shape index (κ2) is 7.54. The normalized spacial score (nSPS) is 10.3. The van der Waals surface area contributed by atoms with Crippen molar-refractivity contribution in [1.29, 1.82) is 0 Å². The standard InChI is InChI=1S/C20H14BrN3O.CH4/c21-17-13-7-8-14-18(17)24-20(25)23(16-11-5-2-6-12-16)19(22-24)15-9-3-1-4-10-15;/h1-14H;1H4. The summed E-state index contributed by atoms with van der Waals surface area (Å²) < 4.78 is 3.88. The molecule has 0 bridgehead atoms. The lowest BCUT2D eigenvalue weighted by molar-refractivity contribution is 0.826. The smallest absolute Gasteiger partial charge is 0.245 e. The first-order valence-electron chi connectivity index (χ1n) is 7.83. The molecular weight excluding hydrogens is 390 g/mol. The van der Waals surface area contributed by atoms with Crippen LogP contribution in [-0.2, 0) is 0 Å². The summed E-state index contributed by atoms with van der Waals surface area (Å²) in [6.07, 6.45) is 0. The maximum absolute atomic E-state index is 13.2. The van der Waals surface area contributed by atoms with Crippen molar-refractivity contribution in [1.82, 2.24) is 14.3 Å². The van der Waals surface area contributed by atoms with Crippen LogP contribution in [0.1, 0.15) is 7.43 Å². The summed E-state index contributed by atoms with van der Waals surface area (Å²) in [5, 5.41) is 4.62. The van der Waals surface area contributed by atoms with Gasteiger partial charge in [0.1, 0.15) is 0 Å². The first-order valence-corrected chi connectivity index (χ1v) is 8.63. The first kappa shape index (κ1) is 17.9. The van der Waals surface area contributed by atoms with Gasteiger partial charge in [-0.1, -0.05) is 68.1 Å². The molecule has 0 aliphatic carbocycles. The summed E-state index contributed by atoms with van der Waals surface area (Å²) >= 11 is 3.50. The topological polar surface area (TPSA) is 39.8 Å². The maximum Gasteiger partial charge on any atom is 0.355 e. The van der Waals surface area contributed by atoms with Crippen molar-refractivity contribution in [3.05, 3.63) is 99.9 Å². The van der Waals surface area contributed by atoms with E-state index < -0.39 is 0 Å². The SMILES string of the molecule is C.O=c1n(-c2ccccc2Br)nc(-c2ccccc2)n1-c1ccccc1. The molecule has 4 nitrogen and oxygen atoms in total. The number of hydrogen-bond acceptors (Lipinski definition) is 2. The molecule has 0 saturated carbocycles. The zero-order chi connectivity index (χ0) is 17.2. The third kappa shape index (κ3) is 3.13. The van der Waals surface area contributed by atoms with Crippen molar-refractivity contribution in [2.75, 3.05) is 0 Å². The largest absolute Gasteiger partial charge is 0.355 e. The number of para-hydroxylation sites is 2. The lowest BCUT2D eigenvalue weighted by Crippen LogP contribution is -2.23. The molecule has 0 aliphatic heterocycles. The molecule has 0 unspecified atom stereocenters. The summed E-state index contributed by atoms with van der Waals surface area (Å²) in [7, 11) is 0. The Morgan fingerprint density at radius 2 is 1.35 bits per heavy atom. The summed E-state index contributed by atoms with van der Waals surface area (Å²) in [5.74, 6) is 0.604. The average molecular weight is 408 g/mol. The van der Waals surface area contributed by atoms with E-state index >= 15 is 0 Å². The van der Waals surface area contributed by atoms with Gasteiger partial charge in [0.25, 0.3) is 0 Å². The summed E-state index contributed by atoms with van der Waals surface area (Å²) in [6, 6.07) is 26.8. The Morgan fingerprint density at radius 3 is 2.00 bits per heavy atom. The average Bonchev–Trinajstić information content (AvgIpc) is 3.01. The molecule has 130 valence electrons. The van der Waals surface area contributed by atoms with Gasteiger partial charge in [-0.05, 0) is 40.2 Å². The predicted octanol–water partition coefficient (Wildman–Crippen LogP) is 5.09. The highest BCUT2D eigenvalue weighted by Gasteiger charge is 2.18. The fraction of sp³-hybridized carbons (Fsp3) is 0.0476. The number of halogens is 1. The second-order valence-electron chi connectivity index (χ2n) is 5.51. The number of aromatic nitrogens is 3.